The molecule has 0 aliphatic carbocycles. The molecule has 2 fully saturated rings. The molecule has 2 N–H and O–H groups in total. The molecule has 2 aliphatic heterocycles. The first-order chi connectivity index (χ1) is 9.36. The summed E-state index contributed by atoms with van der Waals surface area (Å²) in [5.41, 5.74) is 0. The third-order valence-corrected chi connectivity index (χ3v) is 3.76. The number of carbonyl (C=O) groups is 1. The molecule has 2 heterocycles. The third kappa shape index (κ3) is 5.47. The first kappa shape index (κ1) is 14.8. The van der Waals surface area contributed by atoms with Crippen molar-refractivity contribution in [2.24, 2.45) is 5.92 Å². The normalized spacial score (nSPS) is 27.4. The van der Waals surface area contributed by atoms with E-state index in [1.54, 1.807) is 0 Å². The maximum Gasteiger partial charge on any atom is 0.224 e. The molecule has 2 atom stereocenters. The van der Waals surface area contributed by atoms with E-state index < -0.39 is 0 Å². The van der Waals surface area contributed by atoms with Gasteiger partial charge in [-0.3, -0.25) is 4.79 Å². The minimum atomic E-state index is 0.154. The van der Waals surface area contributed by atoms with Crippen LogP contribution in [0.1, 0.15) is 32.1 Å². The molecule has 1 unspecified atom stereocenters. The van der Waals surface area contributed by atoms with E-state index in [1.807, 2.05) is 0 Å². The van der Waals surface area contributed by atoms with Crippen molar-refractivity contribution < 1.29 is 14.3 Å². The molecule has 19 heavy (non-hydrogen) atoms. The summed E-state index contributed by atoms with van der Waals surface area (Å²) >= 11 is 0. The molecule has 0 aromatic rings. The second-order valence-electron chi connectivity index (χ2n) is 5.40. The van der Waals surface area contributed by atoms with Crippen molar-refractivity contribution in [1.82, 2.24) is 10.6 Å². The predicted molar refractivity (Wildman–Crippen MR) is 73.0 cm³/mol. The Morgan fingerprint density at radius 1 is 1.37 bits per heavy atom. The van der Waals surface area contributed by atoms with Crippen molar-refractivity contribution in [1.29, 1.82) is 0 Å². The number of ether oxygens (including phenoxy) is 2. The molecule has 2 aliphatic rings. The van der Waals surface area contributed by atoms with Gasteiger partial charge in [-0.25, -0.2) is 0 Å². The Hall–Kier alpha value is -0.650. The number of piperidine rings is 1. The first-order valence-corrected chi connectivity index (χ1v) is 7.54. The van der Waals surface area contributed by atoms with Gasteiger partial charge in [0.05, 0.1) is 18.6 Å². The third-order valence-electron chi connectivity index (χ3n) is 3.76. The zero-order valence-corrected chi connectivity index (χ0v) is 11.7. The van der Waals surface area contributed by atoms with Crippen molar-refractivity contribution in [3.8, 4) is 0 Å². The summed E-state index contributed by atoms with van der Waals surface area (Å²) in [6.45, 7) is 4.84. The lowest BCUT2D eigenvalue weighted by Gasteiger charge is -2.21. The van der Waals surface area contributed by atoms with Crippen LogP contribution in [-0.2, 0) is 14.3 Å². The molecule has 2 rings (SSSR count). The molecule has 5 nitrogen and oxygen atoms in total. The minimum absolute atomic E-state index is 0.154. The highest BCUT2D eigenvalue weighted by atomic mass is 16.5. The molecule has 2 saturated heterocycles. The van der Waals surface area contributed by atoms with E-state index in [2.05, 4.69) is 10.6 Å². The van der Waals surface area contributed by atoms with Crippen LogP contribution in [-0.4, -0.2) is 51.5 Å². The predicted octanol–water partition coefficient (Wildman–Crippen LogP) is 0.688. The summed E-state index contributed by atoms with van der Waals surface area (Å²) < 4.78 is 11.0. The van der Waals surface area contributed by atoms with Crippen LogP contribution < -0.4 is 10.6 Å². The zero-order chi connectivity index (χ0) is 13.3. The quantitative estimate of drug-likeness (QED) is 0.668. The summed E-state index contributed by atoms with van der Waals surface area (Å²) in [6, 6.07) is 0. The molecule has 0 radical (unpaired) electrons. The summed E-state index contributed by atoms with van der Waals surface area (Å²) in [5.74, 6) is 0.341. The molecule has 0 aromatic carbocycles. The topological polar surface area (TPSA) is 59.6 Å². The van der Waals surface area contributed by atoms with Gasteiger partial charge >= 0.3 is 0 Å². The maximum absolute atomic E-state index is 11.8. The van der Waals surface area contributed by atoms with E-state index >= 15 is 0 Å². The highest BCUT2D eigenvalue weighted by Gasteiger charge is 2.20. The standard InChI is InChI=1S/C14H26N2O3/c17-14(12-4-1-6-15-10-12)16-7-3-8-18-11-13-5-2-9-19-13/h12-13,15H,1-11H2,(H,16,17)/t12-,13?/m1/s1. The molecule has 0 spiro atoms. The molecule has 0 saturated carbocycles. The first-order valence-electron chi connectivity index (χ1n) is 7.54. The van der Waals surface area contributed by atoms with E-state index in [0.29, 0.717) is 25.9 Å². The summed E-state index contributed by atoms with van der Waals surface area (Å²) in [7, 11) is 0. The van der Waals surface area contributed by atoms with Crippen molar-refractivity contribution in [3.63, 3.8) is 0 Å². The largest absolute Gasteiger partial charge is 0.379 e. The lowest BCUT2D eigenvalue weighted by atomic mass is 9.99. The molecule has 0 bridgehead atoms. The highest BCUT2D eigenvalue weighted by molar-refractivity contribution is 5.78. The van der Waals surface area contributed by atoms with Crippen LogP contribution in [0.4, 0.5) is 0 Å². The number of hydrogen-bond acceptors (Lipinski definition) is 4. The van der Waals surface area contributed by atoms with Crippen LogP contribution in [0.25, 0.3) is 0 Å². The van der Waals surface area contributed by atoms with Gasteiger partial charge in [-0.05, 0) is 38.6 Å². The van der Waals surface area contributed by atoms with Crippen molar-refractivity contribution in [2.75, 3.05) is 39.5 Å². The van der Waals surface area contributed by atoms with Gasteiger partial charge < -0.3 is 20.1 Å². The lowest BCUT2D eigenvalue weighted by Crippen LogP contribution is -2.40. The fourth-order valence-corrected chi connectivity index (χ4v) is 2.60. The molecular formula is C14H26N2O3. The Morgan fingerprint density at radius 3 is 3.05 bits per heavy atom. The number of hydrogen-bond donors (Lipinski definition) is 2. The van der Waals surface area contributed by atoms with E-state index in [4.69, 9.17) is 9.47 Å². The van der Waals surface area contributed by atoms with Crippen LogP contribution in [0, 0.1) is 5.92 Å². The Bertz CT molecular complexity index is 261. The van der Waals surface area contributed by atoms with Gasteiger partial charge in [0.15, 0.2) is 0 Å². The van der Waals surface area contributed by atoms with Crippen molar-refractivity contribution in [2.45, 2.75) is 38.2 Å². The van der Waals surface area contributed by atoms with E-state index in [1.165, 1.54) is 0 Å². The van der Waals surface area contributed by atoms with E-state index in [0.717, 1.165) is 51.8 Å². The Balaban J connectivity index is 1.43. The number of rotatable bonds is 7. The van der Waals surface area contributed by atoms with Crippen molar-refractivity contribution in [3.05, 3.63) is 0 Å². The Labute approximate surface area is 115 Å². The molecule has 5 heteroatoms. The summed E-state index contributed by atoms with van der Waals surface area (Å²) in [5, 5.41) is 6.25. The maximum atomic E-state index is 11.8. The highest BCUT2D eigenvalue weighted by Crippen LogP contribution is 2.12. The lowest BCUT2D eigenvalue weighted by molar-refractivity contribution is -0.125. The van der Waals surface area contributed by atoms with Crippen molar-refractivity contribution >= 4 is 5.91 Å². The molecular weight excluding hydrogens is 244 g/mol. The van der Waals surface area contributed by atoms with Crippen LogP contribution in [0.15, 0.2) is 0 Å². The number of carbonyl (C=O) groups excluding carboxylic acids is 1. The second kappa shape index (κ2) is 8.51. The van der Waals surface area contributed by atoms with E-state index in [9.17, 15) is 4.79 Å². The smallest absolute Gasteiger partial charge is 0.224 e. The van der Waals surface area contributed by atoms with Gasteiger partial charge in [0.1, 0.15) is 0 Å². The van der Waals surface area contributed by atoms with Crippen LogP contribution in [0.2, 0.25) is 0 Å². The van der Waals surface area contributed by atoms with Crippen LogP contribution in [0.3, 0.4) is 0 Å². The second-order valence-corrected chi connectivity index (χ2v) is 5.40. The van der Waals surface area contributed by atoms with Gasteiger partial charge in [0.2, 0.25) is 5.91 Å². The van der Waals surface area contributed by atoms with E-state index in [-0.39, 0.29) is 11.8 Å². The molecule has 0 aromatic heterocycles. The van der Waals surface area contributed by atoms with Gasteiger partial charge in [-0.2, -0.15) is 0 Å². The van der Waals surface area contributed by atoms with Crippen LogP contribution in [0.5, 0.6) is 0 Å². The van der Waals surface area contributed by atoms with Gasteiger partial charge in [0, 0.05) is 26.3 Å². The average molecular weight is 270 g/mol. The number of amides is 1. The monoisotopic (exact) mass is 270 g/mol. The van der Waals surface area contributed by atoms with Gasteiger partial charge in [0.25, 0.3) is 0 Å². The fourth-order valence-electron chi connectivity index (χ4n) is 2.60. The average Bonchev–Trinajstić information content (AvgIpc) is 2.96. The molecule has 110 valence electrons. The molecule has 1 amide bonds. The Morgan fingerprint density at radius 2 is 2.32 bits per heavy atom. The summed E-state index contributed by atoms with van der Waals surface area (Å²) in [4.78, 5) is 11.8. The zero-order valence-electron chi connectivity index (χ0n) is 11.7. The fraction of sp³-hybridized carbons (Fsp3) is 0.929. The van der Waals surface area contributed by atoms with Crippen LogP contribution >= 0.6 is 0 Å². The SMILES string of the molecule is O=C(NCCCOCC1CCCO1)[C@@H]1CCCNC1. The number of nitrogens with one attached hydrogen (secondary N) is 2. The summed E-state index contributed by atoms with van der Waals surface area (Å²) in [6.07, 6.45) is 5.54. The van der Waals surface area contributed by atoms with Gasteiger partial charge in [-0.15, -0.1) is 0 Å². The minimum Gasteiger partial charge on any atom is -0.379 e. The van der Waals surface area contributed by atoms with Gasteiger partial charge in [-0.1, -0.05) is 0 Å². The Kier molecular flexibility index (Phi) is 6.61.